The highest BCUT2D eigenvalue weighted by Gasteiger charge is 2.18. The van der Waals surface area contributed by atoms with E-state index in [0.29, 0.717) is 18.2 Å². The van der Waals surface area contributed by atoms with E-state index in [1.54, 1.807) is 0 Å². The van der Waals surface area contributed by atoms with Crippen LogP contribution in [-0.4, -0.2) is 21.9 Å². The van der Waals surface area contributed by atoms with Crippen molar-refractivity contribution in [1.29, 1.82) is 0 Å². The minimum atomic E-state index is 0.0802. The highest BCUT2D eigenvalue weighted by atomic mass is 32.2. The maximum absolute atomic E-state index is 6.11. The SMILES string of the molecule is CC(C)CSCc1noc(CC(N)CC(C)(C)C)n1. The Morgan fingerprint density at radius 3 is 2.58 bits per heavy atom. The Morgan fingerprint density at radius 2 is 2.00 bits per heavy atom. The maximum Gasteiger partial charge on any atom is 0.228 e. The van der Waals surface area contributed by atoms with E-state index in [1.165, 1.54) is 0 Å². The van der Waals surface area contributed by atoms with Gasteiger partial charge in [0.05, 0.1) is 5.75 Å². The van der Waals surface area contributed by atoms with Crippen LogP contribution in [0.2, 0.25) is 0 Å². The Hall–Kier alpha value is -0.550. The molecule has 0 fully saturated rings. The molecule has 0 amide bonds. The van der Waals surface area contributed by atoms with Gasteiger partial charge in [0, 0.05) is 12.5 Å². The highest BCUT2D eigenvalue weighted by Crippen LogP contribution is 2.21. The molecule has 2 N–H and O–H groups in total. The first kappa shape index (κ1) is 16.5. The molecule has 1 atom stereocenters. The molecule has 0 aliphatic carbocycles. The molecule has 0 aliphatic rings. The molecular formula is C14H27N3OS. The smallest absolute Gasteiger partial charge is 0.228 e. The van der Waals surface area contributed by atoms with Crippen LogP contribution in [0.4, 0.5) is 0 Å². The van der Waals surface area contributed by atoms with Gasteiger partial charge >= 0.3 is 0 Å². The number of aromatic nitrogens is 2. The summed E-state index contributed by atoms with van der Waals surface area (Å²) in [6.07, 6.45) is 1.62. The predicted octanol–water partition coefficient (Wildman–Crippen LogP) is 3.26. The largest absolute Gasteiger partial charge is 0.339 e. The molecular weight excluding hydrogens is 258 g/mol. The van der Waals surface area contributed by atoms with E-state index in [1.807, 2.05) is 11.8 Å². The van der Waals surface area contributed by atoms with E-state index in [2.05, 4.69) is 44.8 Å². The molecule has 5 heteroatoms. The summed E-state index contributed by atoms with van der Waals surface area (Å²) in [4.78, 5) is 4.40. The van der Waals surface area contributed by atoms with Gasteiger partial charge in [-0.2, -0.15) is 16.7 Å². The molecule has 1 unspecified atom stereocenters. The third-order valence-electron chi connectivity index (χ3n) is 2.50. The molecule has 1 heterocycles. The predicted molar refractivity (Wildman–Crippen MR) is 81.0 cm³/mol. The van der Waals surface area contributed by atoms with E-state index < -0.39 is 0 Å². The lowest BCUT2D eigenvalue weighted by atomic mass is 9.87. The van der Waals surface area contributed by atoms with Gasteiger partial charge in [-0.1, -0.05) is 39.8 Å². The zero-order valence-corrected chi connectivity index (χ0v) is 13.6. The minimum Gasteiger partial charge on any atom is -0.339 e. The topological polar surface area (TPSA) is 64.9 Å². The molecule has 1 aromatic heterocycles. The maximum atomic E-state index is 6.11. The van der Waals surface area contributed by atoms with Gasteiger partial charge in [-0.3, -0.25) is 0 Å². The lowest BCUT2D eigenvalue weighted by Gasteiger charge is -2.21. The quantitative estimate of drug-likeness (QED) is 0.833. The minimum absolute atomic E-state index is 0.0802. The van der Waals surface area contributed by atoms with Gasteiger partial charge in [0.25, 0.3) is 0 Å². The summed E-state index contributed by atoms with van der Waals surface area (Å²) in [6, 6.07) is 0.0802. The first-order valence-corrected chi connectivity index (χ1v) is 8.06. The lowest BCUT2D eigenvalue weighted by Crippen LogP contribution is -2.28. The fraction of sp³-hybridized carbons (Fsp3) is 0.857. The molecule has 4 nitrogen and oxygen atoms in total. The summed E-state index contributed by atoms with van der Waals surface area (Å²) >= 11 is 1.84. The highest BCUT2D eigenvalue weighted by molar-refractivity contribution is 7.98. The van der Waals surface area contributed by atoms with Crippen molar-refractivity contribution in [3.63, 3.8) is 0 Å². The third-order valence-corrected chi connectivity index (χ3v) is 3.87. The Morgan fingerprint density at radius 1 is 1.32 bits per heavy atom. The lowest BCUT2D eigenvalue weighted by molar-refractivity contribution is 0.312. The fourth-order valence-corrected chi connectivity index (χ4v) is 2.79. The Labute approximate surface area is 120 Å². The standard InChI is InChI=1S/C14H27N3OS/c1-10(2)8-19-9-12-16-13(18-17-12)6-11(15)7-14(3,4)5/h10-11H,6-9,15H2,1-5H3. The van der Waals surface area contributed by atoms with Crippen molar-refractivity contribution >= 4 is 11.8 Å². The Bertz CT molecular complexity index is 371. The number of nitrogens with zero attached hydrogens (tertiary/aromatic N) is 2. The van der Waals surface area contributed by atoms with Gasteiger partial charge in [-0.05, 0) is 23.5 Å². The zero-order chi connectivity index (χ0) is 14.5. The summed E-state index contributed by atoms with van der Waals surface area (Å²) in [5.74, 6) is 4.07. The van der Waals surface area contributed by atoms with Crippen molar-refractivity contribution in [3.05, 3.63) is 11.7 Å². The van der Waals surface area contributed by atoms with E-state index in [0.717, 1.165) is 23.8 Å². The average Bonchev–Trinajstić information content (AvgIpc) is 2.61. The normalized spacial score (nSPS) is 14.1. The number of thioether (sulfide) groups is 1. The summed E-state index contributed by atoms with van der Waals surface area (Å²) in [6.45, 7) is 11.0. The first-order valence-electron chi connectivity index (χ1n) is 6.91. The molecule has 0 bridgehead atoms. The Kier molecular flexibility index (Phi) is 6.33. The second kappa shape index (κ2) is 7.29. The van der Waals surface area contributed by atoms with Crippen molar-refractivity contribution in [2.75, 3.05) is 5.75 Å². The molecule has 110 valence electrons. The van der Waals surface area contributed by atoms with Crippen LogP contribution in [0.15, 0.2) is 4.52 Å². The van der Waals surface area contributed by atoms with Crippen LogP contribution in [0.1, 0.15) is 52.8 Å². The molecule has 0 spiro atoms. The molecule has 19 heavy (non-hydrogen) atoms. The molecule has 0 saturated heterocycles. The van der Waals surface area contributed by atoms with Gasteiger partial charge in [0.15, 0.2) is 5.82 Å². The summed E-state index contributed by atoms with van der Waals surface area (Å²) in [5.41, 5.74) is 6.34. The second-order valence-electron chi connectivity index (χ2n) is 6.74. The van der Waals surface area contributed by atoms with E-state index in [9.17, 15) is 0 Å². The Balaban J connectivity index is 2.38. The number of nitrogens with two attached hydrogens (primary N) is 1. The van der Waals surface area contributed by atoms with Crippen LogP contribution < -0.4 is 5.73 Å². The van der Waals surface area contributed by atoms with Crippen molar-refractivity contribution in [2.45, 2.75) is 59.3 Å². The molecule has 0 aromatic carbocycles. The van der Waals surface area contributed by atoms with Gasteiger partial charge in [-0.15, -0.1) is 0 Å². The van der Waals surface area contributed by atoms with Gasteiger partial charge in [0.1, 0.15) is 0 Å². The van der Waals surface area contributed by atoms with Crippen LogP contribution >= 0.6 is 11.8 Å². The van der Waals surface area contributed by atoms with E-state index >= 15 is 0 Å². The monoisotopic (exact) mass is 285 g/mol. The summed E-state index contributed by atoms with van der Waals surface area (Å²) in [5, 5.41) is 4.00. The third kappa shape index (κ3) is 7.57. The molecule has 0 aliphatic heterocycles. The molecule has 1 aromatic rings. The average molecular weight is 285 g/mol. The van der Waals surface area contributed by atoms with Crippen LogP contribution in [0.25, 0.3) is 0 Å². The van der Waals surface area contributed by atoms with Crippen molar-refractivity contribution in [1.82, 2.24) is 10.1 Å². The van der Waals surface area contributed by atoms with Crippen LogP contribution in [0, 0.1) is 11.3 Å². The van der Waals surface area contributed by atoms with Gasteiger partial charge in [0.2, 0.25) is 5.89 Å². The van der Waals surface area contributed by atoms with Crippen molar-refractivity contribution in [3.8, 4) is 0 Å². The molecule has 0 radical (unpaired) electrons. The zero-order valence-electron chi connectivity index (χ0n) is 12.8. The van der Waals surface area contributed by atoms with Crippen molar-refractivity contribution in [2.24, 2.45) is 17.1 Å². The van der Waals surface area contributed by atoms with Crippen LogP contribution in [0.3, 0.4) is 0 Å². The molecule has 1 rings (SSSR count). The summed E-state index contributed by atoms with van der Waals surface area (Å²) < 4.78 is 5.25. The van der Waals surface area contributed by atoms with Crippen molar-refractivity contribution < 1.29 is 4.52 Å². The van der Waals surface area contributed by atoms with Crippen LogP contribution in [-0.2, 0) is 12.2 Å². The molecule has 0 saturated carbocycles. The van der Waals surface area contributed by atoms with Gasteiger partial charge < -0.3 is 10.3 Å². The first-order chi connectivity index (χ1) is 8.76. The van der Waals surface area contributed by atoms with Gasteiger partial charge in [-0.25, -0.2) is 0 Å². The summed E-state index contributed by atoms with van der Waals surface area (Å²) in [7, 11) is 0. The fourth-order valence-electron chi connectivity index (χ4n) is 1.90. The van der Waals surface area contributed by atoms with E-state index in [-0.39, 0.29) is 11.5 Å². The van der Waals surface area contributed by atoms with Crippen LogP contribution in [0.5, 0.6) is 0 Å². The number of rotatable bonds is 7. The van der Waals surface area contributed by atoms with E-state index in [4.69, 9.17) is 10.3 Å². The number of hydrogen-bond acceptors (Lipinski definition) is 5. The number of hydrogen-bond donors (Lipinski definition) is 1. The second-order valence-corrected chi connectivity index (χ2v) is 7.77.